The van der Waals surface area contributed by atoms with Crippen molar-refractivity contribution in [2.24, 2.45) is 5.92 Å². The Hall–Kier alpha value is -3.06. The van der Waals surface area contributed by atoms with E-state index < -0.39 is 0 Å². The maximum atomic E-state index is 13.5. The van der Waals surface area contributed by atoms with Gasteiger partial charge in [-0.3, -0.25) is 9.59 Å². The van der Waals surface area contributed by atoms with Crippen LogP contribution >= 0.6 is 0 Å². The predicted octanol–water partition coefficient (Wildman–Crippen LogP) is 3.39. The summed E-state index contributed by atoms with van der Waals surface area (Å²) < 4.78 is 11.6. The number of rotatable bonds is 5. The van der Waals surface area contributed by atoms with E-state index in [4.69, 9.17) is 9.47 Å². The molecule has 180 valence electrons. The SMILES string of the molecule is COc1cc(C(=O)N[C@H](C)c2ccccc2)c(OC)c2c1CCN1C(=O)[C@H]3CCCN[C@H]3C[C@@H]21. The number of amides is 2. The van der Waals surface area contributed by atoms with Crippen molar-refractivity contribution in [3.63, 3.8) is 0 Å². The van der Waals surface area contributed by atoms with Gasteiger partial charge in [0, 0.05) is 23.7 Å². The molecule has 2 N–H and O–H groups in total. The fraction of sp³-hybridized carbons (Fsp3) is 0.481. The molecular formula is C27H33N3O4. The van der Waals surface area contributed by atoms with Crippen LogP contribution in [0.15, 0.2) is 36.4 Å². The molecule has 7 nitrogen and oxygen atoms in total. The fourth-order valence-electron chi connectivity index (χ4n) is 5.98. The van der Waals surface area contributed by atoms with Crippen molar-refractivity contribution in [2.45, 2.75) is 50.7 Å². The molecule has 2 aromatic carbocycles. The molecule has 2 aromatic rings. The van der Waals surface area contributed by atoms with E-state index >= 15 is 0 Å². The first-order valence-corrected chi connectivity index (χ1v) is 12.2. The summed E-state index contributed by atoms with van der Waals surface area (Å²) in [7, 11) is 3.23. The zero-order chi connectivity index (χ0) is 23.8. The van der Waals surface area contributed by atoms with Gasteiger partial charge in [0.2, 0.25) is 5.91 Å². The van der Waals surface area contributed by atoms with Crippen molar-refractivity contribution < 1.29 is 19.1 Å². The van der Waals surface area contributed by atoms with Crippen LogP contribution in [0.2, 0.25) is 0 Å². The Kier molecular flexibility index (Phi) is 6.21. The topological polar surface area (TPSA) is 79.9 Å². The minimum absolute atomic E-state index is 0.0395. The average Bonchev–Trinajstić information content (AvgIpc) is 2.88. The number of carbonyl (C=O) groups is 2. The molecule has 0 bridgehead atoms. The van der Waals surface area contributed by atoms with Crippen molar-refractivity contribution in [3.05, 3.63) is 58.7 Å². The molecule has 3 aliphatic heterocycles. The molecule has 0 aliphatic carbocycles. The Bertz CT molecular complexity index is 1090. The lowest BCUT2D eigenvalue weighted by molar-refractivity contribution is -0.145. The second-order valence-electron chi connectivity index (χ2n) is 9.50. The number of fused-ring (bicyclic) bond motifs is 4. The largest absolute Gasteiger partial charge is 0.496 e. The predicted molar refractivity (Wildman–Crippen MR) is 129 cm³/mol. The second kappa shape index (κ2) is 9.29. The van der Waals surface area contributed by atoms with Crippen LogP contribution in [0.1, 0.15) is 65.3 Å². The summed E-state index contributed by atoms with van der Waals surface area (Å²) >= 11 is 0. The summed E-state index contributed by atoms with van der Waals surface area (Å²) in [6.07, 6.45) is 3.47. The minimum Gasteiger partial charge on any atom is -0.496 e. The highest BCUT2D eigenvalue weighted by Crippen LogP contribution is 2.48. The van der Waals surface area contributed by atoms with E-state index in [1.54, 1.807) is 20.3 Å². The van der Waals surface area contributed by atoms with Crippen molar-refractivity contribution >= 4 is 11.8 Å². The Morgan fingerprint density at radius 3 is 2.74 bits per heavy atom. The normalized spacial score (nSPS) is 24.4. The highest BCUT2D eigenvalue weighted by atomic mass is 16.5. The van der Waals surface area contributed by atoms with Crippen LogP contribution in [0.3, 0.4) is 0 Å². The van der Waals surface area contributed by atoms with Crippen molar-refractivity contribution in [2.75, 3.05) is 27.3 Å². The number of piperidine rings is 2. The summed E-state index contributed by atoms with van der Waals surface area (Å²) in [6, 6.07) is 11.5. The van der Waals surface area contributed by atoms with Crippen molar-refractivity contribution in [3.8, 4) is 11.5 Å². The molecule has 2 saturated heterocycles. The fourth-order valence-corrected chi connectivity index (χ4v) is 5.98. The van der Waals surface area contributed by atoms with Crippen LogP contribution in [0.25, 0.3) is 0 Å². The van der Waals surface area contributed by atoms with Gasteiger partial charge in [-0.25, -0.2) is 0 Å². The molecule has 0 unspecified atom stereocenters. The molecule has 3 heterocycles. The van der Waals surface area contributed by atoms with E-state index in [1.165, 1.54) is 0 Å². The lowest BCUT2D eigenvalue weighted by Crippen LogP contribution is -2.57. The van der Waals surface area contributed by atoms with Gasteiger partial charge < -0.3 is 25.0 Å². The summed E-state index contributed by atoms with van der Waals surface area (Å²) in [5.41, 5.74) is 3.42. The number of carbonyl (C=O) groups excluding carboxylic acids is 2. The molecular weight excluding hydrogens is 430 g/mol. The summed E-state index contributed by atoms with van der Waals surface area (Å²) in [5, 5.41) is 6.67. The van der Waals surface area contributed by atoms with Gasteiger partial charge >= 0.3 is 0 Å². The van der Waals surface area contributed by atoms with Crippen LogP contribution in [0, 0.1) is 5.92 Å². The number of ether oxygens (including phenoxy) is 2. The van der Waals surface area contributed by atoms with Crippen LogP contribution in [-0.4, -0.2) is 50.1 Å². The maximum absolute atomic E-state index is 13.5. The number of methoxy groups -OCH3 is 2. The molecule has 3 aliphatic rings. The van der Waals surface area contributed by atoms with E-state index in [2.05, 4.69) is 10.6 Å². The average molecular weight is 464 g/mol. The van der Waals surface area contributed by atoms with Crippen LogP contribution in [0.4, 0.5) is 0 Å². The standard InChI is InChI=1S/C27H33N3O4/c1-16(17-8-5-4-6-9-17)29-26(31)20-14-23(33-2)19-11-13-30-22(24(19)25(20)34-3)15-21-18(27(30)32)10-7-12-28-21/h4-6,8-9,14,16,18,21-22,28H,7,10-13,15H2,1-3H3,(H,29,31)/t16-,18+,21+,22+/m1/s1. The third-order valence-electron chi connectivity index (χ3n) is 7.68. The number of benzene rings is 2. The lowest BCUT2D eigenvalue weighted by atomic mass is 9.76. The quantitative estimate of drug-likeness (QED) is 0.711. The molecule has 0 aromatic heterocycles. The second-order valence-corrected chi connectivity index (χ2v) is 9.50. The maximum Gasteiger partial charge on any atom is 0.255 e. The molecule has 5 rings (SSSR count). The summed E-state index contributed by atoms with van der Waals surface area (Å²) in [6.45, 7) is 3.57. The van der Waals surface area contributed by atoms with E-state index in [9.17, 15) is 9.59 Å². The Morgan fingerprint density at radius 2 is 2.00 bits per heavy atom. The van der Waals surface area contributed by atoms with Gasteiger partial charge in [0.25, 0.3) is 5.91 Å². The Labute approximate surface area is 200 Å². The zero-order valence-corrected chi connectivity index (χ0v) is 20.1. The smallest absolute Gasteiger partial charge is 0.255 e. The molecule has 0 saturated carbocycles. The van der Waals surface area contributed by atoms with E-state index in [0.29, 0.717) is 30.0 Å². The van der Waals surface area contributed by atoms with Gasteiger partial charge in [-0.05, 0) is 50.8 Å². The minimum atomic E-state index is -0.220. The molecule has 0 radical (unpaired) electrons. The zero-order valence-electron chi connectivity index (χ0n) is 20.1. The highest BCUT2D eigenvalue weighted by molar-refractivity contribution is 5.98. The summed E-state index contributed by atoms with van der Waals surface area (Å²) in [5.74, 6) is 1.26. The third kappa shape index (κ3) is 3.82. The molecule has 4 atom stereocenters. The molecule has 2 amide bonds. The first-order valence-electron chi connectivity index (χ1n) is 12.2. The van der Waals surface area contributed by atoms with Crippen molar-refractivity contribution in [1.29, 1.82) is 0 Å². The van der Waals surface area contributed by atoms with Gasteiger partial charge in [-0.1, -0.05) is 30.3 Å². The van der Waals surface area contributed by atoms with Crippen LogP contribution in [0.5, 0.6) is 11.5 Å². The van der Waals surface area contributed by atoms with Crippen molar-refractivity contribution in [1.82, 2.24) is 15.5 Å². The summed E-state index contributed by atoms with van der Waals surface area (Å²) in [4.78, 5) is 28.9. The monoisotopic (exact) mass is 463 g/mol. The van der Waals surface area contributed by atoms with Gasteiger partial charge in [-0.15, -0.1) is 0 Å². The third-order valence-corrected chi connectivity index (χ3v) is 7.68. The first kappa shape index (κ1) is 22.7. The first-order chi connectivity index (χ1) is 16.5. The highest BCUT2D eigenvalue weighted by Gasteiger charge is 2.47. The number of nitrogens with zero attached hydrogens (tertiary/aromatic N) is 1. The Morgan fingerprint density at radius 1 is 1.21 bits per heavy atom. The van der Waals surface area contributed by atoms with Crippen LogP contribution in [-0.2, 0) is 11.2 Å². The van der Waals surface area contributed by atoms with Gasteiger partial charge in [0.05, 0.1) is 37.8 Å². The van der Waals surface area contributed by atoms with Crippen LogP contribution < -0.4 is 20.1 Å². The molecule has 34 heavy (non-hydrogen) atoms. The Balaban J connectivity index is 1.54. The molecule has 2 fully saturated rings. The van der Waals surface area contributed by atoms with E-state index in [-0.39, 0.29) is 35.9 Å². The molecule has 7 heteroatoms. The lowest BCUT2D eigenvalue weighted by Gasteiger charge is -2.48. The van der Waals surface area contributed by atoms with Gasteiger partial charge in [-0.2, -0.15) is 0 Å². The van der Waals surface area contributed by atoms with Gasteiger partial charge in [0.15, 0.2) is 0 Å². The van der Waals surface area contributed by atoms with E-state index in [1.807, 2.05) is 42.2 Å². The van der Waals surface area contributed by atoms with Gasteiger partial charge in [0.1, 0.15) is 11.5 Å². The van der Waals surface area contributed by atoms with E-state index in [0.717, 1.165) is 42.5 Å². The molecule has 0 spiro atoms. The number of hydrogen-bond donors (Lipinski definition) is 2. The number of nitrogens with one attached hydrogen (secondary N) is 2. The number of hydrogen-bond acceptors (Lipinski definition) is 5.